The fourth-order valence-corrected chi connectivity index (χ4v) is 1.99. The number of nitrogens with one attached hydrogen (secondary N) is 1. The zero-order chi connectivity index (χ0) is 11.8. The van der Waals surface area contributed by atoms with Gasteiger partial charge in [-0.3, -0.25) is 9.36 Å². The van der Waals surface area contributed by atoms with Crippen molar-refractivity contribution in [1.82, 2.24) is 19.6 Å². The monoisotopic (exact) mass is 267 g/mol. The molecule has 1 aliphatic carbocycles. The Morgan fingerprint density at radius 1 is 1.33 bits per heavy atom. The number of hydrogen-bond donors (Lipinski definition) is 1. The van der Waals surface area contributed by atoms with E-state index in [4.69, 9.17) is 0 Å². The summed E-state index contributed by atoms with van der Waals surface area (Å²) in [6.07, 6.45) is 4.40. The van der Waals surface area contributed by atoms with Crippen LogP contribution in [0.5, 0.6) is 0 Å². The van der Waals surface area contributed by atoms with Gasteiger partial charge in [0.25, 0.3) is 0 Å². The minimum atomic E-state index is 0. The van der Waals surface area contributed by atoms with E-state index in [1.54, 1.807) is 0 Å². The van der Waals surface area contributed by atoms with Crippen molar-refractivity contribution < 1.29 is 0 Å². The number of aromatic nitrogens is 4. The predicted octanol–water partition coefficient (Wildman–Crippen LogP) is 2.06. The molecule has 0 radical (unpaired) electrons. The molecule has 5 nitrogen and oxygen atoms in total. The molecule has 0 bridgehead atoms. The standard InChI is InChI=1S/C12H17N5.ClH/c1-16-10(5-6-14-16)8-13-12-7-11(9-3-4-9)15-17(12)2;/h5-7,9,13H,3-4,8H2,1-2H3;1H. The molecule has 0 unspecified atom stereocenters. The molecule has 1 saturated carbocycles. The van der Waals surface area contributed by atoms with Gasteiger partial charge in [-0.2, -0.15) is 10.2 Å². The molecule has 1 fully saturated rings. The number of rotatable bonds is 4. The molecule has 0 atom stereocenters. The summed E-state index contributed by atoms with van der Waals surface area (Å²) >= 11 is 0. The van der Waals surface area contributed by atoms with Gasteiger partial charge < -0.3 is 5.32 Å². The lowest BCUT2D eigenvalue weighted by Gasteiger charge is -2.06. The van der Waals surface area contributed by atoms with Gasteiger partial charge in [-0.1, -0.05) is 0 Å². The molecule has 2 aromatic rings. The summed E-state index contributed by atoms with van der Waals surface area (Å²) < 4.78 is 3.80. The van der Waals surface area contributed by atoms with E-state index in [0.717, 1.165) is 12.4 Å². The highest BCUT2D eigenvalue weighted by Crippen LogP contribution is 2.39. The first-order valence-electron chi connectivity index (χ1n) is 5.99. The van der Waals surface area contributed by atoms with E-state index < -0.39 is 0 Å². The summed E-state index contributed by atoms with van der Waals surface area (Å²) in [4.78, 5) is 0. The smallest absolute Gasteiger partial charge is 0.124 e. The quantitative estimate of drug-likeness (QED) is 0.923. The maximum absolute atomic E-state index is 4.53. The number of anilines is 1. The number of hydrogen-bond acceptors (Lipinski definition) is 3. The third kappa shape index (κ3) is 2.51. The molecular weight excluding hydrogens is 250 g/mol. The Hall–Kier alpha value is -1.49. The molecule has 2 aromatic heterocycles. The van der Waals surface area contributed by atoms with Crippen LogP contribution in [0.25, 0.3) is 0 Å². The second kappa shape index (κ2) is 5.02. The van der Waals surface area contributed by atoms with Gasteiger partial charge in [0.2, 0.25) is 0 Å². The van der Waals surface area contributed by atoms with Crippen molar-refractivity contribution in [3.8, 4) is 0 Å². The summed E-state index contributed by atoms with van der Waals surface area (Å²) in [5.41, 5.74) is 2.39. The van der Waals surface area contributed by atoms with E-state index in [1.165, 1.54) is 24.2 Å². The lowest BCUT2D eigenvalue weighted by molar-refractivity contribution is 0.711. The molecule has 18 heavy (non-hydrogen) atoms. The van der Waals surface area contributed by atoms with Crippen LogP contribution >= 0.6 is 12.4 Å². The van der Waals surface area contributed by atoms with E-state index in [9.17, 15) is 0 Å². The van der Waals surface area contributed by atoms with Crippen LogP contribution in [-0.4, -0.2) is 19.6 Å². The Bertz CT molecular complexity index is 526. The molecule has 0 aromatic carbocycles. The molecule has 0 saturated heterocycles. The van der Waals surface area contributed by atoms with Gasteiger partial charge in [-0.15, -0.1) is 12.4 Å². The van der Waals surface area contributed by atoms with Crippen molar-refractivity contribution in [2.24, 2.45) is 14.1 Å². The SMILES string of the molecule is Cl.Cn1nccc1CNc1cc(C2CC2)nn1C. The summed E-state index contributed by atoms with van der Waals surface area (Å²) in [7, 11) is 3.94. The summed E-state index contributed by atoms with van der Waals surface area (Å²) in [6.45, 7) is 0.778. The first kappa shape index (κ1) is 13.0. The molecular formula is C12H18ClN5. The average molecular weight is 268 g/mol. The Labute approximate surface area is 113 Å². The van der Waals surface area contributed by atoms with Crippen molar-refractivity contribution in [1.29, 1.82) is 0 Å². The molecule has 98 valence electrons. The maximum atomic E-state index is 4.53. The van der Waals surface area contributed by atoms with Crippen molar-refractivity contribution >= 4 is 18.2 Å². The molecule has 0 spiro atoms. The molecule has 0 amide bonds. The van der Waals surface area contributed by atoms with Gasteiger partial charge in [0.15, 0.2) is 0 Å². The van der Waals surface area contributed by atoms with Crippen LogP contribution in [0.2, 0.25) is 0 Å². The largest absolute Gasteiger partial charge is 0.365 e. The van der Waals surface area contributed by atoms with Gasteiger partial charge in [0, 0.05) is 32.3 Å². The van der Waals surface area contributed by atoms with E-state index in [0.29, 0.717) is 5.92 Å². The highest BCUT2D eigenvalue weighted by atomic mass is 35.5. The Morgan fingerprint density at radius 2 is 2.11 bits per heavy atom. The van der Waals surface area contributed by atoms with Crippen molar-refractivity contribution in [3.05, 3.63) is 29.7 Å². The van der Waals surface area contributed by atoms with Crippen LogP contribution < -0.4 is 5.32 Å². The summed E-state index contributed by atoms with van der Waals surface area (Å²) in [6, 6.07) is 4.18. The third-order valence-electron chi connectivity index (χ3n) is 3.27. The van der Waals surface area contributed by atoms with Crippen LogP contribution in [0.15, 0.2) is 18.3 Å². The molecule has 3 rings (SSSR count). The van der Waals surface area contributed by atoms with Gasteiger partial charge >= 0.3 is 0 Å². The van der Waals surface area contributed by atoms with Crippen molar-refractivity contribution in [3.63, 3.8) is 0 Å². The first-order chi connectivity index (χ1) is 8.24. The molecule has 2 heterocycles. The Kier molecular flexibility index (Phi) is 3.61. The third-order valence-corrected chi connectivity index (χ3v) is 3.27. The molecule has 0 aliphatic heterocycles. The maximum Gasteiger partial charge on any atom is 0.124 e. The highest BCUT2D eigenvalue weighted by molar-refractivity contribution is 5.85. The second-order valence-corrected chi connectivity index (χ2v) is 4.65. The van der Waals surface area contributed by atoms with Crippen LogP contribution in [0, 0.1) is 0 Å². The van der Waals surface area contributed by atoms with E-state index >= 15 is 0 Å². The average Bonchev–Trinajstić information content (AvgIpc) is 2.98. The van der Waals surface area contributed by atoms with E-state index in [-0.39, 0.29) is 12.4 Å². The van der Waals surface area contributed by atoms with E-state index in [2.05, 4.69) is 21.6 Å². The second-order valence-electron chi connectivity index (χ2n) is 4.65. The van der Waals surface area contributed by atoms with Gasteiger partial charge in [0.05, 0.1) is 17.9 Å². The number of nitrogens with zero attached hydrogens (tertiary/aromatic N) is 4. The zero-order valence-corrected chi connectivity index (χ0v) is 11.4. The summed E-state index contributed by atoms with van der Waals surface area (Å²) in [5, 5.41) is 12.1. The normalized spacial score (nSPS) is 14.3. The predicted molar refractivity (Wildman–Crippen MR) is 73.0 cm³/mol. The van der Waals surface area contributed by atoms with Crippen LogP contribution in [-0.2, 0) is 20.6 Å². The lowest BCUT2D eigenvalue weighted by Crippen LogP contribution is -2.08. The van der Waals surface area contributed by atoms with Crippen LogP contribution in [0.4, 0.5) is 5.82 Å². The fraction of sp³-hybridized carbons (Fsp3) is 0.500. The van der Waals surface area contributed by atoms with Gasteiger partial charge in [-0.05, 0) is 18.9 Å². The van der Waals surface area contributed by atoms with Crippen LogP contribution in [0.1, 0.15) is 30.1 Å². The van der Waals surface area contributed by atoms with E-state index in [1.807, 2.05) is 35.7 Å². The highest BCUT2D eigenvalue weighted by Gasteiger charge is 2.26. The fourth-order valence-electron chi connectivity index (χ4n) is 1.99. The minimum absolute atomic E-state index is 0. The summed E-state index contributed by atoms with van der Waals surface area (Å²) in [5.74, 6) is 1.78. The van der Waals surface area contributed by atoms with Crippen molar-refractivity contribution in [2.75, 3.05) is 5.32 Å². The molecule has 1 aliphatic rings. The minimum Gasteiger partial charge on any atom is -0.365 e. The first-order valence-corrected chi connectivity index (χ1v) is 5.99. The Balaban J connectivity index is 0.00000120. The zero-order valence-electron chi connectivity index (χ0n) is 10.6. The number of halogens is 1. The number of aryl methyl sites for hydroxylation is 2. The van der Waals surface area contributed by atoms with Gasteiger partial charge in [0.1, 0.15) is 5.82 Å². The Morgan fingerprint density at radius 3 is 2.72 bits per heavy atom. The van der Waals surface area contributed by atoms with Gasteiger partial charge in [-0.25, -0.2) is 0 Å². The molecule has 6 heteroatoms. The van der Waals surface area contributed by atoms with Crippen LogP contribution in [0.3, 0.4) is 0 Å². The van der Waals surface area contributed by atoms with Crippen molar-refractivity contribution in [2.45, 2.75) is 25.3 Å². The topological polar surface area (TPSA) is 47.7 Å². The lowest BCUT2D eigenvalue weighted by atomic mass is 10.3. The molecule has 1 N–H and O–H groups in total.